The van der Waals surface area contributed by atoms with Crippen LogP contribution in [0.5, 0.6) is 0 Å². The minimum absolute atomic E-state index is 0.658. The highest BCUT2D eigenvalue weighted by Crippen LogP contribution is 2.05. The highest BCUT2D eigenvalue weighted by Gasteiger charge is 2.14. The Morgan fingerprint density at radius 1 is 1.27 bits per heavy atom. The summed E-state index contributed by atoms with van der Waals surface area (Å²) < 4.78 is 5.41. The van der Waals surface area contributed by atoms with E-state index in [4.69, 9.17) is 4.74 Å². The van der Waals surface area contributed by atoms with Crippen molar-refractivity contribution in [2.24, 2.45) is 0 Å². The molecule has 0 aromatic rings. The summed E-state index contributed by atoms with van der Waals surface area (Å²) in [6.07, 6.45) is 2.51. The van der Waals surface area contributed by atoms with Gasteiger partial charge in [0.15, 0.2) is 0 Å². The zero-order valence-electron chi connectivity index (χ0n) is 10.9. The van der Waals surface area contributed by atoms with Gasteiger partial charge in [0.05, 0.1) is 6.61 Å². The summed E-state index contributed by atoms with van der Waals surface area (Å²) in [6.45, 7) is 11.4. The lowest BCUT2D eigenvalue weighted by atomic mass is 10.1. The first-order valence-corrected chi connectivity index (χ1v) is 6.26. The van der Waals surface area contributed by atoms with Crippen LogP contribution in [-0.4, -0.2) is 50.8 Å². The summed E-state index contributed by atoms with van der Waals surface area (Å²) in [5, 5.41) is 3.28. The van der Waals surface area contributed by atoms with Crippen molar-refractivity contribution in [1.82, 2.24) is 10.2 Å². The van der Waals surface area contributed by atoms with Gasteiger partial charge in [-0.15, -0.1) is 0 Å². The summed E-state index contributed by atoms with van der Waals surface area (Å²) in [7, 11) is 2.03. The lowest BCUT2D eigenvalue weighted by molar-refractivity contribution is 0.0940. The summed E-state index contributed by atoms with van der Waals surface area (Å²) >= 11 is 0. The molecule has 0 saturated carbocycles. The third-order valence-electron chi connectivity index (χ3n) is 2.71. The van der Waals surface area contributed by atoms with Gasteiger partial charge in [0.25, 0.3) is 0 Å². The fourth-order valence-corrected chi connectivity index (χ4v) is 1.91. The summed E-state index contributed by atoms with van der Waals surface area (Å²) in [5.41, 5.74) is 0. The summed E-state index contributed by atoms with van der Waals surface area (Å²) in [5.74, 6) is 0. The average molecular weight is 216 g/mol. The van der Waals surface area contributed by atoms with Gasteiger partial charge >= 0.3 is 0 Å². The predicted octanol–water partition coefficient (Wildman–Crippen LogP) is 1.73. The Morgan fingerprint density at radius 2 is 2.00 bits per heavy atom. The molecule has 0 aliphatic carbocycles. The lowest BCUT2D eigenvalue weighted by Gasteiger charge is -2.30. The van der Waals surface area contributed by atoms with E-state index in [1.54, 1.807) is 0 Å². The first kappa shape index (κ1) is 14.9. The molecule has 92 valence electrons. The molecule has 1 unspecified atom stereocenters. The average Bonchev–Trinajstić information content (AvgIpc) is 2.24. The van der Waals surface area contributed by atoms with E-state index in [1.165, 1.54) is 12.8 Å². The quantitative estimate of drug-likeness (QED) is 0.563. The van der Waals surface area contributed by atoms with Crippen LogP contribution in [0, 0.1) is 0 Å². The number of nitrogens with one attached hydrogen (secondary N) is 1. The van der Waals surface area contributed by atoms with Crippen molar-refractivity contribution >= 4 is 0 Å². The van der Waals surface area contributed by atoms with Gasteiger partial charge in [-0.3, -0.25) is 4.90 Å². The van der Waals surface area contributed by atoms with Gasteiger partial charge in [0.2, 0.25) is 0 Å². The minimum atomic E-state index is 0.658. The Bertz CT molecular complexity index is 125. The van der Waals surface area contributed by atoms with Gasteiger partial charge in [0.1, 0.15) is 0 Å². The maximum atomic E-state index is 5.41. The molecule has 0 bridgehead atoms. The number of nitrogens with zero attached hydrogens (tertiary/aromatic N) is 1. The maximum absolute atomic E-state index is 5.41. The predicted molar refractivity (Wildman–Crippen MR) is 66.4 cm³/mol. The molecule has 0 radical (unpaired) electrons. The summed E-state index contributed by atoms with van der Waals surface area (Å²) in [4.78, 5) is 2.51. The molecule has 0 fully saturated rings. The van der Waals surface area contributed by atoms with Crippen LogP contribution >= 0.6 is 0 Å². The second kappa shape index (κ2) is 10.4. The molecular weight excluding hydrogens is 188 g/mol. The van der Waals surface area contributed by atoms with Gasteiger partial charge in [0, 0.05) is 25.7 Å². The van der Waals surface area contributed by atoms with Gasteiger partial charge in [-0.1, -0.05) is 20.3 Å². The van der Waals surface area contributed by atoms with Crippen molar-refractivity contribution in [2.45, 2.75) is 39.7 Å². The molecule has 0 saturated heterocycles. The monoisotopic (exact) mass is 216 g/mol. The van der Waals surface area contributed by atoms with Crippen molar-refractivity contribution in [1.29, 1.82) is 0 Å². The number of likely N-dealkylation sites (N-methyl/N-ethyl adjacent to an activating group) is 2. The lowest BCUT2D eigenvalue weighted by Crippen LogP contribution is -2.43. The van der Waals surface area contributed by atoms with Crippen LogP contribution < -0.4 is 5.32 Å². The van der Waals surface area contributed by atoms with Gasteiger partial charge < -0.3 is 10.1 Å². The van der Waals surface area contributed by atoms with Crippen LogP contribution in [0.3, 0.4) is 0 Å². The third-order valence-corrected chi connectivity index (χ3v) is 2.71. The van der Waals surface area contributed by atoms with Crippen molar-refractivity contribution < 1.29 is 4.74 Å². The molecule has 1 atom stereocenters. The molecule has 0 aromatic heterocycles. The van der Waals surface area contributed by atoms with Crippen molar-refractivity contribution in [3.8, 4) is 0 Å². The highest BCUT2D eigenvalue weighted by atomic mass is 16.5. The first-order chi connectivity index (χ1) is 7.29. The number of rotatable bonds is 10. The van der Waals surface area contributed by atoms with Gasteiger partial charge in [-0.05, 0) is 26.9 Å². The molecular formula is C12H28N2O. The standard InChI is InChI=1S/C12H28N2O/c1-5-8-12(11-13-4)14(6-2)9-10-15-7-3/h12-13H,5-11H2,1-4H3. The number of hydrogen-bond donors (Lipinski definition) is 1. The maximum Gasteiger partial charge on any atom is 0.0593 e. The highest BCUT2D eigenvalue weighted by molar-refractivity contribution is 4.72. The molecule has 0 spiro atoms. The van der Waals surface area contributed by atoms with Gasteiger partial charge in [-0.25, -0.2) is 0 Å². The van der Waals surface area contributed by atoms with Crippen LogP contribution in [0.15, 0.2) is 0 Å². The van der Waals surface area contributed by atoms with E-state index in [1.807, 2.05) is 14.0 Å². The van der Waals surface area contributed by atoms with Crippen LogP contribution in [-0.2, 0) is 4.74 Å². The van der Waals surface area contributed by atoms with E-state index in [0.29, 0.717) is 6.04 Å². The SMILES string of the molecule is CCCC(CNC)N(CC)CCOCC. The van der Waals surface area contributed by atoms with Crippen LogP contribution in [0.4, 0.5) is 0 Å². The second-order valence-corrected chi connectivity index (χ2v) is 3.83. The second-order valence-electron chi connectivity index (χ2n) is 3.83. The van der Waals surface area contributed by atoms with E-state index in [9.17, 15) is 0 Å². The van der Waals surface area contributed by atoms with Gasteiger partial charge in [-0.2, -0.15) is 0 Å². The molecule has 0 heterocycles. The van der Waals surface area contributed by atoms with Crippen molar-refractivity contribution in [3.05, 3.63) is 0 Å². The Hall–Kier alpha value is -0.120. The Balaban J connectivity index is 3.93. The first-order valence-electron chi connectivity index (χ1n) is 6.26. The molecule has 3 heteroatoms. The molecule has 15 heavy (non-hydrogen) atoms. The van der Waals surface area contributed by atoms with E-state index >= 15 is 0 Å². The smallest absolute Gasteiger partial charge is 0.0593 e. The minimum Gasteiger partial charge on any atom is -0.380 e. The number of ether oxygens (including phenoxy) is 1. The molecule has 1 N–H and O–H groups in total. The van der Waals surface area contributed by atoms with E-state index in [0.717, 1.165) is 32.8 Å². The Kier molecular flexibility index (Phi) is 10.3. The molecule has 0 aliphatic heterocycles. The topological polar surface area (TPSA) is 24.5 Å². The fourth-order valence-electron chi connectivity index (χ4n) is 1.91. The Morgan fingerprint density at radius 3 is 2.47 bits per heavy atom. The zero-order valence-corrected chi connectivity index (χ0v) is 10.9. The molecule has 3 nitrogen and oxygen atoms in total. The Labute approximate surface area is 95.2 Å². The largest absolute Gasteiger partial charge is 0.380 e. The van der Waals surface area contributed by atoms with Crippen LogP contribution in [0.1, 0.15) is 33.6 Å². The van der Waals surface area contributed by atoms with Crippen LogP contribution in [0.25, 0.3) is 0 Å². The van der Waals surface area contributed by atoms with Crippen molar-refractivity contribution in [3.63, 3.8) is 0 Å². The molecule has 0 amide bonds. The van der Waals surface area contributed by atoms with Crippen LogP contribution in [0.2, 0.25) is 0 Å². The summed E-state index contributed by atoms with van der Waals surface area (Å²) in [6, 6.07) is 0.658. The zero-order chi connectivity index (χ0) is 11.5. The van der Waals surface area contributed by atoms with E-state index < -0.39 is 0 Å². The fraction of sp³-hybridized carbons (Fsp3) is 1.00. The number of hydrogen-bond acceptors (Lipinski definition) is 3. The normalized spacial score (nSPS) is 13.4. The van der Waals surface area contributed by atoms with E-state index in [-0.39, 0.29) is 0 Å². The van der Waals surface area contributed by atoms with E-state index in [2.05, 4.69) is 24.1 Å². The molecule has 0 aliphatic rings. The molecule has 0 rings (SSSR count). The third kappa shape index (κ3) is 6.88. The van der Waals surface area contributed by atoms with Crippen molar-refractivity contribution in [2.75, 3.05) is 39.9 Å². The molecule has 0 aromatic carbocycles.